The van der Waals surface area contributed by atoms with Crippen molar-refractivity contribution in [1.29, 1.82) is 0 Å². The van der Waals surface area contributed by atoms with Crippen molar-refractivity contribution in [2.24, 2.45) is 0 Å². The van der Waals surface area contributed by atoms with Gasteiger partial charge in [0, 0.05) is 18.3 Å². The minimum absolute atomic E-state index is 0.00363. The third-order valence-corrected chi connectivity index (χ3v) is 4.86. The van der Waals surface area contributed by atoms with Crippen LogP contribution in [0.25, 0.3) is 0 Å². The number of carbonyl (C=O) groups is 2. The number of anilines is 1. The van der Waals surface area contributed by atoms with Gasteiger partial charge in [0.2, 0.25) is 0 Å². The Morgan fingerprint density at radius 2 is 2.00 bits per heavy atom. The molecule has 3 fully saturated rings. The van der Waals surface area contributed by atoms with Crippen molar-refractivity contribution in [2.45, 2.75) is 24.5 Å². The molecule has 3 amide bonds. The molecule has 2 saturated heterocycles. The summed E-state index contributed by atoms with van der Waals surface area (Å²) in [6.07, 6.45) is 2.10. The van der Waals surface area contributed by atoms with E-state index in [9.17, 15) is 9.59 Å². The predicted octanol–water partition coefficient (Wildman–Crippen LogP) is 0.993. The Balaban J connectivity index is 1.52. The molecule has 1 aliphatic carbocycles. The predicted molar refractivity (Wildman–Crippen MR) is 91.4 cm³/mol. The van der Waals surface area contributed by atoms with Gasteiger partial charge in [-0.2, -0.15) is 0 Å². The highest BCUT2D eigenvalue weighted by atomic mass is 16.6. The van der Waals surface area contributed by atoms with E-state index in [1.165, 1.54) is 0 Å². The van der Waals surface area contributed by atoms with Gasteiger partial charge >= 0.3 is 6.03 Å². The molecule has 134 valence electrons. The van der Waals surface area contributed by atoms with Gasteiger partial charge in [0.15, 0.2) is 0 Å². The van der Waals surface area contributed by atoms with Crippen molar-refractivity contribution in [3.05, 3.63) is 30.3 Å². The molecule has 1 atom stereocenters. The minimum atomic E-state index is -0.693. The smallest absolute Gasteiger partial charge is 0.317 e. The lowest BCUT2D eigenvalue weighted by Crippen LogP contribution is -2.62. The molecule has 2 aliphatic heterocycles. The van der Waals surface area contributed by atoms with Gasteiger partial charge in [-0.1, -0.05) is 18.2 Å². The van der Waals surface area contributed by atoms with Gasteiger partial charge < -0.3 is 24.6 Å². The first-order chi connectivity index (χ1) is 12.2. The third kappa shape index (κ3) is 3.62. The molecule has 0 aromatic heterocycles. The number of carbonyl (C=O) groups excluding carboxylic acids is 2. The normalized spacial score (nSPS) is 27.3. The molecule has 0 unspecified atom stereocenters. The lowest BCUT2D eigenvalue weighted by Gasteiger charge is -2.42. The molecule has 1 aromatic rings. The summed E-state index contributed by atoms with van der Waals surface area (Å²) in [5.41, 5.74) is 0.148. The van der Waals surface area contributed by atoms with Crippen LogP contribution in [0.3, 0.4) is 0 Å². The summed E-state index contributed by atoms with van der Waals surface area (Å²) in [7, 11) is 0. The van der Waals surface area contributed by atoms with Gasteiger partial charge in [-0.25, -0.2) is 4.79 Å². The van der Waals surface area contributed by atoms with Crippen LogP contribution < -0.4 is 10.2 Å². The first-order valence-corrected chi connectivity index (χ1v) is 8.78. The van der Waals surface area contributed by atoms with Crippen LogP contribution in [0.5, 0.6) is 0 Å². The van der Waals surface area contributed by atoms with E-state index in [1.807, 2.05) is 30.3 Å². The zero-order chi connectivity index (χ0) is 17.3. The summed E-state index contributed by atoms with van der Waals surface area (Å²) >= 11 is 0. The Bertz CT molecular complexity index is 649. The number of nitrogens with one attached hydrogen (secondary N) is 1. The standard InChI is InChI=1S/C18H23N3O4/c22-16-10-25-18(12-21(16)15-4-2-1-3-5-15)11-20(8-9-24-13-18)17(23)19-14-6-7-14/h1-5,14H,6-13H2,(H,19,23)/t18-/m1/s1. The average molecular weight is 345 g/mol. The van der Waals surface area contributed by atoms with Crippen molar-refractivity contribution < 1.29 is 19.1 Å². The Labute approximate surface area is 146 Å². The van der Waals surface area contributed by atoms with Crippen molar-refractivity contribution in [3.63, 3.8) is 0 Å². The molecule has 4 rings (SSSR count). The molecule has 1 N–H and O–H groups in total. The Morgan fingerprint density at radius 3 is 2.76 bits per heavy atom. The molecule has 7 heteroatoms. The number of urea groups is 1. The number of hydrogen-bond acceptors (Lipinski definition) is 4. The zero-order valence-electron chi connectivity index (χ0n) is 14.1. The molecule has 0 radical (unpaired) electrons. The highest BCUT2D eigenvalue weighted by Gasteiger charge is 2.44. The molecule has 2 heterocycles. The quantitative estimate of drug-likeness (QED) is 0.868. The van der Waals surface area contributed by atoms with Crippen molar-refractivity contribution >= 4 is 17.6 Å². The third-order valence-electron chi connectivity index (χ3n) is 4.86. The summed E-state index contributed by atoms with van der Waals surface area (Å²) in [5, 5.41) is 3.02. The van der Waals surface area contributed by atoms with Crippen molar-refractivity contribution in [2.75, 3.05) is 44.4 Å². The second-order valence-corrected chi connectivity index (χ2v) is 6.99. The highest BCUT2D eigenvalue weighted by molar-refractivity contribution is 5.95. The van der Waals surface area contributed by atoms with Crippen LogP contribution in [-0.2, 0) is 14.3 Å². The van der Waals surface area contributed by atoms with Crippen LogP contribution in [0.15, 0.2) is 30.3 Å². The number of nitrogens with zero attached hydrogens (tertiary/aromatic N) is 2. The fourth-order valence-electron chi connectivity index (χ4n) is 3.31. The first-order valence-electron chi connectivity index (χ1n) is 8.78. The van der Waals surface area contributed by atoms with Gasteiger partial charge in [-0.15, -0.1) is 0 Å². The fraction of sp³-hybridized carbons (Fsp3) is 0.556. The second kappa shape index (κ2) is 6.65. The Kier molecular flexibility index (Phi) is 4.35. The number of amides is 3. The van der Waals surface area contributed by atoms with Crippen molar-refractivity contribution in [3.8, 4) is 0 Å². The number of rotatable bonds is 2. The first kappa shape index (κ1) is 16.4. The van der Waals surface area contributed by atoms with E-state index in [0.717, 1.165) is 18.5 Å². The van der Waals surface area contributed by atoms with E-state index in [0.29, 0.717) is 38.9 Å². The summed E-state index contributed by atoms with van der Waals surface area (Å²) in [5.74, 6) is -0.0740. The van der Waals surface area contributed by atoms with E-state index in [2.05, 4.69) is 5.32 Å². The Morgan fingerprint density at radius 1 is 1.20 bits per heavy atom. The topological polar surface area (TPSA) is 71.1 Å². The molecule has 1 aromatic carbocycles. The van der Waals surface area contributed by atoms with E-state index in [-0.39, 0.29) is 18.5 Å². The molecule has 1 saturated carbocycles. The van der Waals surface area contributed by atoms with E-state index < -0.39 is 5.60 Å². The SMILES string of the molecule is O=C(NC1CC1)N1CCOC[C@@]2(C1)CN(c1ccccc1)C(=O)CO2. The van der Waals surface area contributed by atoms with Gasteiger partial charge in [-0.3, -0.25) is 4.79 Å². The van der Waals surface area contributed by atoms with Crippen LogP contribution in [-0.4, -0.2) is 67.9 Å². The fourth-order valence-corrected chi connectivity index (χ4v) is 3.31. The number of benzene rings is 1. The zero-order valence-corrected chi connectivity index (χ0v) is 14.1. The van der Waals surface area contributed by atoms with Gasteiger partial charge in [0.1, 0.15) is 12.2 Å². The largest absolute Gasteiger partial charge is 0.376 e. The second-order valence-electron chi connectivity index (χ2n) is 6.99. The van der Waals surface area contributed by atoms with E-state index in [1.54, 1.807) is 9.80 Å². The minimum Gasteiger partial charge on any atom is -0.376 e. The van der Waals surface area contributed by atoms with Gasteiger partial charge in [0.05, 0.1) is 26.3 Å². The molecular weight excluding hydrogens is 322 g/mol. The molecule has 25 heavy (non-hydrogen) atoms. The maximum absolute atomic E-state index is 12.5. The van der Waals surface area contributed by atoms with Crippen LogP contribution >= 0.6 is 0 Å². The molecule has 0 bridgehead atoms. The molecule has 3 aliphatic rings. The summed E-state index contributed by atoms with van der Waals surface area (Å²) in [6, 6.07) is 9.79. The molecular formula is C18H23N3O4. The Hall–Kier alpha value is -2.12. The molecule has 1 spiro atoms. The lowest BCUT2D eigenvalue weighted by molar-refractivity contribution is -0.145. The van der Waals surface area contributed by atoms with Crippen molar-refractivity contribution in [1.82, 2.24) is 10.2 Å². The maximum Gasteiger partial charge on any atom is 0.317 e. The number of para-hydroxylation sites is 1. The number of morpholine rings is 1. The molecule has 7 nitrogen and oxygen atoms in total. The maximum atomic E-state index is 12.5. The summed E-state index contributed by atoms with van der Waals surface area (Å²) in [4.78, 5) is 28.3. The van der Waals surface area contributed by atoms with Crippen LogP contribution in [0.4, 0.5) is 10.5 Å². The number of ether oxygens (including phenoxy) is 2. The van der Waals surface area contributed by atoms with E-state index in [4.69, 9.17) is 9.47 Å². The summed E-state index contributed by atoms with van der Waals surface area (Å²) < 4.78 is 11.6. The van der Waals surface area contributed by atoms with Gasteiger partial charge in [-0.05, 0) is 25.0 Å². The average Bonchev–Trinajstić information content (AvgIpc) is 3.46. The highest BCUT2D eigenvalue weighted by Crippen LogP contribution is 2.27. The van der Waals surface area contributed by atoms with Crippen LogP contribution in [0.1, 0.15) is 12.8 Å². The monoisotopic (exact) mass is 345 g/mol. The van der Waals surface area contributed by atoms with Gasteiger partial charge in [0.25, 0.3) is 5.91 Å². The number of hydrogen-bond donors (Lipinski definition) is 1. The van der Waals surface area contributed by atoms with Crippen LogP contribution in [0, 0.1) is 0 Å². The van der Waals surface area contributed by atoms with E-state index >= 15 is 0 Å². The summed E-state index contributed by atoms with van der Waals surface area (Å²) in [6.45, 7) is 2.17. The van der Waals surface area contributed by atoms with Crippen LogP contribution in [0.2, 0.25) is 0 Å². The lowest BCUT2D eigenvalue weighted by atomic mass is 10.0.